The molecule has 20 heavy (non-hydrogen) atoms. The minimum atomic E-state index is -0.126. The molecule has 2 rings (SSSR count). The first-order valence-corrected chi connectivity index (χ1v) is 7.25. The lowest BCUT2D eigenvalue weighted by molar-refractivity contribution is 0.0951. The van der Waals surface area contributed by atoms with Crippen LogP contribution in [0.15, 0.2) is 24.3 Å². The predicted molar refractivity (Wildman–Crippen MR) is 81.7 cm³/mol. The minimum Gasteiger partial charge on any atom is -0.347 e. The van der Waals surface area contributed by atoms with Crippen LogP contribution in [0.5, 0.6) is 0 Å². The van der Waals surface area contributed by atoms with Crippen molar-refractivity contribution in [2.45, 2.75) is 26.8 Å². The van der Waals surface area contributed by atoms with Crippen molar-refractivity contribution in [3.05, 3.63) is 45.3 Å². The predicted octanol–water partition coefficient (Wildman–Crippen LogP) is 2.23. The molecule has 5 nitrogen and oxygen atoms in total. The topological polar surface area (TPSA) is 80.0 Å². The van der Waals surface area contributed by atoms with Gasteiger partial charge in [0.15, 0.2) is 0 Å². The quantitative estimate of drug-likeness (QED) is 0.583. The van der Waals surface area contributed by atoms with Crippen molar-refractivity contribution in [3.63, 3.8) is 0 Å². The average Bonchev–Trinajstić information content (AvgIpc) is 2.92. The van der Waals surface area contributed by atoms with Gasteiger partial charge in [-0.1, -0.05) is 6.92 Å². The summed E-state index contributed by atoms with van der Waals surface area (Å²) in [6.45, 7) is 4.48. The normalized spacial score (nSPS) is 10.3. The molecule has 1 amide bonds. The van der Waals surface area contributed by atoms with Gasteiger partial charge in [-0.05, 0) is 37.6 Å². The number of hydrogen-bond acceptors (Lipinski definition) is 5. The molecule has 0 bridgehead atoms. The van der Waals surface area contributed by atoms with E-state index in [1.165, 1.54) is 4.88 Å². The first-order valence-electron chi connectivity index (χ1n) is 6.43. The van der Waals surface area contributed by atoms with Gasteiger partial charge in [0.05, 0.1) is 6.54 Å². The smallest absolute Gasteiger partial charge is 0.251 e. The Morgan fingerprint density at radius 1 is 1.35 bits per heavy atom. The zero-order chi connectivity index (χ0) is 14.5. The molecule has 0 fully saturated rings. The van der Waals surface area contributed by atoms with Crippen LogP contribution in [-0.2, 0) is 13.0 Å². The third-order valence-corrected chi connectivity index (χ3v) is 4.08. The summed E-state index contributed by atoms with van der Waals surface area (Å²) in [5.74, 6) is 5.69. The molecule has 0 aromatic carbocycles. The van der Waals surface area contributed by atoms with Crippen molar-refractivity contribution < 1.29 is 4.79 Å². The van der Waals surface area contributed by atoms with Crippen LogP contribution in [0.4, 0.5) is 5.82 Å². The van der Waals surface area contributed by atoms with Crippen molar-refractivity contribution in [2.24, 2.45) is 5.84 Å². The summed E-state index contributed by atoms with van der Waals surface area (Å²) in [7, 11) is 0. The second-order valence-corrected chi connectivity index (χ2v) is 5.68. The Kier molecular flexibility index (Phi) is 4.70. The monoisotopic (exact) mass is 290 g/mol. The van der Waals surface area contributed by atoms with Gasteiger partial charge in [-0.15, -0.1) is 11.3 Å². The zero-order valence-corrected chi connectivity index (χ0v) is 12.4. The third kappa shape index (κ3) is 3.55. The van der Waals surface area contributed by atoms with Crippen molar-refractivity contribution >= 4 is 23.1 Å². The number of hydrogen-bond donors (Lipinski definition) is 3. The van der Waals surface area contributed by atoms with Crippen LogP contribution in [0.2, 0.25) is 0 Å². The zero-order valence-electron chi connectivity index (χ0n) is 11.6. The molecule has 0 aliphatic heterocycles. The van der Waals surface area contributed by atoms with Gasteiger partial charge in [-0.3, -0.25) is 4.79 Å². The molecule has 0 aliphatic rings. The summed E-state index contributed by atoms with van der Waals surface area (Å²) in [6.07, 6.45) is 1.02. The molecule has 0 atom stereocenters. The first kappa shape index (κ1) is 14.5. The molecule has 6 heteroatoms. The number of thiophene rings is 1. The molecule has 4 N–H and O–H groups in total. The number of rotatable bonds is 5. The van der Waals surface area contributed by atoms with Crippen LogP contribution >= 0.6 is 11.3 Å². The fourth-order valence-corrected chi connectivity index (χ4v) is 2.75. The number of aryl methyl sites for hydroxylation is 2. The van der Waals surface area contributed by atoms with E-state index in [-0.39, 0.29) is 5.91 Å². The van der Waals surface area contributed by atoms with Crippen LogP contribution in [0.3, 0.4) is 0 Å². The highest BCUT2D eigenvalue weighted by atomic mass is 32.1. The van der Waals surface area contributed by atoms with Crippen LogP contribution < -0.4 is 16.6 Å². The summed E-state index contributed by atoms with van der Waals surface area (Å²) < 4.78 is 0. The fourth-order valence-electron chi connectivity index (χ4n) is 1.85. The average molecular weight is 290 g/mol. The number of pyridine rings is 1. The molecule has 0 saturated heterocycles. The van der Waals surface area contributed by atoms with E-state index in [0.29, 0.717) is 17.9 Å². The number of nitrogens with zero attached hydrogens (tertiary/aromatic N) is 1. The number of hydrazine groups is 1. The second kappa shape index (κ2) is 6.49. The lowest BCUT2D eigenvalue weighted by Crippen LogP contribution is -2.23. The second-order valence-electron chi connectivity index (χ2n) is 4.43. The first-order chi connectivity index (χ1) is 9.62. The number of carbonyl (C=O) groups excluding carboxylic acids is 1. The van der Waals surface area contributed by atoms with Gasteiger partial charge in [-0.25, -0.2) is 10.8 Å². The van der Waals surface area contributed by atoms with E-state index < -0.39 is 0 Å². The molecule has 2 aromatic rings. The van der Waals surface area contributed by atoms with E-state index in [9.17, 15) is 4.79 Å². The van der Waals surface area contributed by atoms with E-state index in [2.05, 4.69) is 34.8 Å². The maximum Gasteiger partial charge on any atom is 0.251 e. The third-order valence-electron chi connectivity index (χ3n) is 2.85. The number of nitrogens with one attached hydrogen (secondary N) is 2. The minimum absolute atomic E-state index is 0.126. The van der Waals surface area contributed by atoms with Gasteiger partial charge < -0.3 is 10.7 Å². The number of amides is 1. The molecule has 0 radical (unpaired) electrons. The molecule has 2 heterocycles. The number of aromatic nitrogens is 1. The number of nitrogen functional groups attached to an aromatic ring is 1. The van der Waals surface area contributed by atoms with Gasteiger partial charge in [0, 0.05) is 21.0 Å². The molecular weight excluding hydrogens is 272 g/mol. The molecular formula is C14H18N4OS. The Balaban J connectivity index is 2.02. The number of carbonyl (C=O) groups is 1. The Bertz CT molecular complexity index is 609. The van der Waals surface area contributed by atoms with Crippen molar-refractivity contribution in [1.29, 1.82) is 0 Å². The standard InChI is InChI=1S/C14H18N4OS/c1-3-11-4-5-12(20-11)8-16-14(19)10-6-9(2)17-13(7-10)18-15/h4-7H,3,8,15H2,1-2H3,(H,16,19)(H,17,18). The van der Waals surface area contributed by atoms with Crippen LogP contribution in [-0.4, -0.2) is 10.9 Å². The largest absolute Gasteiger partial charge is 0.347 e. The lowest BCUT2D eigenvalue weighted by atomic mass is 10.2. The highest BCUT2D eigenvalue weighted by Crippen LogP contribution is 2.17. The molecule has 0 spiro atoms. The summed E-state index contributed by atoms with van der Waals surface area (Å²) in [5, 5.41) is 2.91. The van der Waals surface area contributed by atoms with Gasteiger partial charge in [0.1, 0.15) is 5.82 Å². The fraction of sp³-hybridized carbons (Fsp3) is 0.286. The maximum atomic E-state index is 12.1. The van der Waals surface area contributed by atoms with Gasteiger partial charge >= 0.3 is 0 Å². The van der Waals surface area contributed by atoms with E-state index in [0.717, 1.165) is 17.0 Å². The highest BCUT2D eigenvalue weighted by Gasteiger charge is 2.09. The van der Waals surface area contributed by atoms with E-state index >= 15 is 0 Å². The number of anilines is 1. The van der Waals surface area contributed by atoms with E-state index in [1.807, 2.05) is 6.92 Å². The Morgan fingerprint density at radius 3 is 2.75 bits per heavy atom. The Labute approximate surface area is 122 Å². The van der Waals surface area contributed by atoms with Gasteiger partial charge in [0.25, 0.3) is 5.91 Å². The van der Waals surface area contributed by atoms with Crippen LogP contribution in [0, 0.1) is 6.92 Å². The SMILES string of the molecule is CCc1ccc(CNC(=O)c2cc(C)nc(NN)c2)s1. The van der Waals surface area contributed by atoms with Crippen molar-refractivity contribution in [2.75, 3.05) is 5.43 Å². The Hall–Kier alpha value is -1.92. The molecule has 106 valence electrons. The summed E-state index contributed by atoms with van der Waals surface area (Å²) in [6, 6.07) is 7.52. The maximum absolute atomic E-state index is 12.1. The summed E-state index contributed by atoms with van der Waals surface area (Å²) in [5.41, 5.74) is 3.76. The lowest BCUT2D eigenvalue weighted by Gasteiger charge is -2.07. The van der Waals surface area contributed by atoms with E-state index in [4.69, 9.17) is 5.84 Å². The van der Waals surface area contributed by atoms with Gasteiger partial charge in [0.2, 0.25) is 0 Å². The highest BCUT2D eigenvalue weighted by molar-refractivity contribution is 7.11. The van der Waals surface area contributed by atoms with Gasteiger partial charge in [-0.2, -0.15) is 0 Å². The van der Waals surface area contributed by atoms with Crippen LogP contribution in [0.1, 0.15) is 32.7 Å². The number of nitrogens with two attached hydrogens (primary N) is 1. The molecule has 0 aliphatic carbocycles. The Morgan fingerprint density at radius 2 is 2.10 bits per heavy atom. The summed E-state index contributed by atoms with van der Waals surface area (Å²) >= 11 is 1.72. The molecule has 0 unspecified atom stereocenters. The molecule has 0 saturated carbocycles. The van der Waals surface area contributed by atoms with Crippen molar-refractivity contribution in [3.8, 4) is 0 Å². The van der Waals surface area contributed by atoms with E-state index in [1.54, 1.807) is 23.5 Å². The summed E-state index contributed by atoms with van der Waals surface area (Å²) in [4.78, 5) is 18.7. The molecule has 2 aromatic heterocycles. The van der Waals surface area contributed by atoms with Crippen molar-refractivity contribution in [1.82, 2.24) is 10.3 Å². The van der Waals surface area contributed by atoms with Crippen LogP contribution in [0.25, 0.3) is 0 Å².